The van der Waals surface area contributed by atoms with Crippen molar-refractivity contribution in [2.24, 2.45) is 11.8 Å². The molecule has 1 atom stereocenters. The number of rotatable bonds is 4. The molecule has 0 aliphatic carbocycles. The van der Waals surface area contributed by atoms with E-state index >= 15 is 0 Å². The van der Waals surface area contributed by atoms with Gasteiger partial charge < -0.3 is 4.74 Å². The molecule has 1 aliphatic heterocycles. The number of benzene rings is 1. The first-order valence-electron chi connectivity index (χ1n) is 6.63. The van der Waals surface area contributed by atoms with Crippen LogP contribution in [0, 0.1) is 11.8 Å². The van der Waals surface area contributed by atoms with Crippen LogP contribution in [0.5, 0.6) is 0 Å². The molecule has 2 nitrogen and oxygen atoms in total. The van der Waals surface area contributed by atoms with Gasteiger partial charge in [0.15, 0.2) is 0 Å². The summed E-state index contributed by atoms with van der Waals surface area (Å²) in [6.45, 7) is 6.40. The van der Waals surface area contributed by atoms with Crippen molar-refractivity contribution >= 4 is 11.5 Å². The van der Waals surface area contributed by atoms with Gasteiger partial charge in [-0.2, -0.15) is 0 Å². The molecule has 1 aromatic carbocycles. The molecule has 0 N–H and O–H groups in total. The third-order valence-electron chi connectivity index (χ3n) is 3.25. The highest BCUT2D eigenvalue weighted by Gasteiger charge is 2.38. The number of esters is 1. The van der Waals surface area contributed by atoms with E-state index in [1.807, 2.05) is 25.1 Å². The van der Waals surface area contributed by atoms with Gasteiger partial charge in [-0.05, 0) is 29.9 Å². The van der Waals surface area contributed by atoms with Crippen LogP contribution < -0.4 is 0 Å². The Morgan fingerprint density at radius 2 is 1.94 bits per heavy atom. The quantitative estimate of drug-likeness (QED) is 0.747. The average Bonchev–Trinajstić information content (AvgIpc) is 2.35. The molecule has 0 aromatic heterocycles. The van der Waals surface area contributed by atoms with E-state index in [1.54, 1.807) is 0 Å². The van der Waals surface area contributed by atoms with Gasteiger partial charge in [-0.15, -0.1) is 0 Å². The molecule has 1 aliphatic rings. The molecule has 96 valence electrons. The minimum Gasteiger partial charge on any atom is -0.429 e. The van der Waals surface area contributed by atoms with Gasteiger partial charge in [-0.1, -0.05) is 51.1 Å². The predicted molar refractivity (Wildman–Crippen MR) is 72.7 cm³/mol. The highest BCUT2D eigenvalue weighted by atomic mass is 16.6. The van der Waals surface area contributed by atoms with Gasteiger partial charge in [-0.3, -0.25) is 4.79 Å². The van der Waals surface area contributed by atoms with Crippen LogP contribution in [0.4, 0.5) is 0 Å². The Morgan fingerprint density at radius 3 is 2.44 bits per heavy atom. The fourth-order valence-corrected chi connectivity index (χ4v) is 2.33. The van der Waals surface area contributed by atoms with Gasteiger partial charge in [0.2, 0.25) is 0 Å². The van der Waals surface area contributed by atoms with Gasteiger partial charge >= 0.3 is 5.97 Å². The normalized spacial score (nSPS) is 21.6. The second-order valence-corrected chi connectivity index (χ2v) is 5.19. The van der Waals surface area contributed by atoms with Crippen LogP contribution in [0.3, 0.4) is 0 Å². The molecule has 0 bridgehead atoms. The molecule has 0 spiro atoms. The highest BCUT2D eigenvalue weighted by molar-refractivity contribution is 5.88. The first-order valence-corrected chi connectivity index (χ1v) is 6.63. The summed E-state index contributed by atoms with van der Waals surface area (Å²) >= 11 is 0. The Balaban J connectivity index is 2.38. The van der Waals surface area contributed by atoms with Gasteiger partial charge in [-0.25, -0.2) is 0 Å². The van der Waals surface area contributed by atoms with Crippen molar-refractivity contribution in [1.29, 1.82) is 0 Å². The van der Waals surface area contributed by atoms with Crippen LogP contribution in [-0.4, -0.2) is 5.97 Å². The monoisotopic (exact) mass is 244 g/mol. The first-order chi connectivity index (χ1) is 8.63. The lowest BCUT2D eigenvalue weighted by molar-refractivity contribution is -0.156. The molecular weight excluding hydrogens is 224 g/mol. The van der Waals surface area contributed by atoms with Crippen LogP contribution >= 0.6 is 0 Å². The van der Waals surface area contributed by atoms with Crippen LogP contribution in [0.25, 0.3) is 5.57 Å². The smallest absolute Gasteiger partial charge is 0.321 e. The number of allylic oxidation sites excluding steroid dienone is 1. The molecule has 2 rings (SSSR count). The lowest BCUT2D eigenvalue weighted by Crippen LogP contribution is -2.33. The Bertz CT molecular complexity index is 457. The van der Waals surface area contributed by atoms with E-state index in [0.29, 0.717) is 5.92 Å². The standard InChI is InChI=1S/C16H20O2/c1-4-13-15(18-16(13)17)14(10-11(2)3)12-8-6-5-7-9-12/h5-9,11,13H,4,10H2,1-3H3/b15-14+/t13-/m0/s1. The third-order valence-corrected chi connectivity index (χ3v) is 3.25. The maximum atomic E-state index is 11.4. The second-order valence-electron chi connectivity index (χ2n) is 5.19. The summed E-state index contributed by atoms with van der Waals surface area (Å²) in [6.07, 6.45) is 1.77. The fourth-order valence-electron chi connectivity index (χ4n) is 2.33. The van der Waals surface area contributed by atoms with Crippen LogP contribution in [0.1, 0.15) is 39.2 Å². The summed E-state index contributed by atoms with van der Waals surface area (Å²) in [7, 11) is 0. The maximum absolute atomic E-state index is 11.4. The number of hydrogen-bond acceptors (Lipinski definition) is 2. The molecule has 1 saturated heterocycles. The summed E-state index contributed by atoms with van der Waals surface area (Å²) < 4.78 is 5.30. The number of ether oxygens (including phenoxy) is 1. The van der Waals surface area contributed by atoms with Crippen LogP contribution in [0.2, 0.25) is 0 Å². The van der Waals surface area contributed by atoms with Crippen LogP contribution in [-0.2, 0) is 9.53 Å². The summed E-state index contributed by atoms with van der Waals surface area (Å²) in [6, 6.07) is 10.2. The van der Waals surface area contributed by atoms with E-state index in [0.717, 1.165) is 18.6 Å². The zero-order valence-electron chi connectivity index (χ0n) is 11.3. The Labute approximate surface area is 109 Å². The molecule has 18 heavy (non-hydrogen) atoms. The molecule has 0 saturated carbocycles. The van der Waals surface area contributed by atoms with Gasteiger partial charge in [0.25, 0.3) is 0 Å². The van der Waals surface area contributed by atoms with E-state index in [2.05, 4.69) is 26.0 Å². The molecule has 0 unspecified atom stereocenters. The van der Waals surface area contributed by atoms with Crippen molar-refractivity contribution in [3.05, 3.63) is 41.7 Å². The number of hydrogen-bond donors (Lipinski definition) is 0. The Hall–Kier alpha value is -1.57. The minimum absolute atomic E-state index is 0.0287. The number of carbonyl (C=O) groups is 1. The van der Waals surface area contributed by atoms with E-state index < -0.39 is 0 Å². The van der Waals surface area contributed by atoms with Crippen LogP contribution in [0.15, 0.2) is 36.1 Å². The minimum atomic E-state index is -0.0790. The van der Waals surface area contributed by atoms with Gasteiger partial charge in [0.05, 0.1) is 0 Å². The Kier molecular flexibility index (Phi) is 3.85. The van der Waals surface area contributed by atoms with Gasteiger partial charge in [0, 0.05) is 0 Å². The third kappa shape index (κ3) is 2.47. The van der Waals surface area contributed by atoms with Crippen molar-refractivity contribution < 1.29 is 9.53 Å². The molecule has 1 heterocycles. The molecule has 0 amide bonds. The molecular formula is C16H20O2. The van der Waals surface area contributed by atoms with Crippen molar-refractivity contribution in [2.45, 2.75) is 33.6 Å². The fraction of sp³-hybridized carbons (Fsp3) is 0.438. The highest BCUT2D eigenvalue weighted by Crippen LogP contribution is 2.38. The summed E-state index contributed by atoms with van der Waals surface area (Å²) in [5.41, 5.74) is 2.37. The number of cyclic esters (lactones) is 1. The summed E-state index contributed by atoms with van der Waals surface area (Å²) in [4.78, 5) is 11.4. The second kappa shape index (κ2) is 5.38. The maximum Gasteiger partial charge on any atom is 0.321 e. The predicted octanol–water partition coefficient (Wildman–Crippen LogP) is 4.03. The van der Waals surface area contributed by atoms with E-state index in [9.17, 15) is 4.79 Å². The van der Waals surface area contributed by atoms with Crippen molar-refractivity contribution in [2.75, 3.05) is 0 Å². The largest absolute Gasteiger partial charge is 0.429 e. The van der Waals surface area contributed by atoms with E-state index in [1.165, 1.54) is 11.1 Å². The molecule has 2 heteroatoms. The molecule has 1 aromatic rings. The zero-order valence-corrected chi connectivity index (χ0v) is 11.3. The summed E-state index contributed by atoms with van der Waals surface area (Å²) in [5.74, 6) is 1.33. The summed E-state index contributed by atoms with van der Waals surface area (Å²) in [5, 5.41) is 0. The van der Waals surface area contributed by atoms with Crippen molar-refractivity contribution in [1.82, 2.24) is 0 Å². The van der Waals surface area contributed by atoms with Gasteiger partial charge in [0.1, 0.15) is 11.7 Å². The average molecular weight is 244 g/mol. The molecule has 0 radical (unpaired) electrons. The SMILES string of the molecule is CC[C@@H]1C(=O)O/C1=C(\CC(C)C)c1ccccc1. The van der Waals surface area contributed by atoms with E-state index in [-0.39, 0.29) is 11.9 Å². The lowest BCUT2D eigenvalue weighted by Gasteiger charge is -2.30. The van der Waals surface area contributed by atoms with E-state index in [4.69, 9.17) is 4.74 Å². The van der Waals surface area contributed by atoms with Crippen molar-refractivity contribution in [3.63, 3.8) is 0 Å². The Morgan fingerprint density at radius 1 is 1.28 bits per heavy atom. The molecule has 1 fully saturated rings. The number of carbonyl (C=O) groups excluding carboxylic acids is 1. The lowest BCUT2D eigenvalue weighted by atomic mass is 9.87. The van der Waals surface area contributed by atoms with Crippen molar-refractivity contribution in [3.8, 4) is 0 Å². The zero-order chi connectivity index (χ0) is 13.1. The first kappa shape index (κ1) is 12.9. The topological polar surface area (TPSA) is 26.3 Å².